The van der Waals surface area contributed by atoms with Crippen LogP contribution in [-0.2, 0) is 0 Å². The smallest absolute Gasteiger partial charge is 0.339 e. The van der Waals surface area contributed by atoms with Crippen LogP contribution >= 0.6 is 0 Å². The molecular weight excluding hydrogens is 338 g/mol. The summed E-state index contributed by atoms with van der Waals surface area (Å²) >= 11 is 0. The fraction of sp³-hybridized carbons (Fsp3) is 0.364. The summed E-state index contributed by atoms with van der Waals surface area (Å²) in [5.74, 6) is -0.167. The van der Waals surface area contributed by atoms with Crippen molar-refractivity contribution in [1.29, 1.82) is 0 Å². The SMILES string of the molecule is CC(C)(C)CC(C)(C)Nc1c(-c2ccccc2)nc2c(C(=O)O)cccn12. The van der Waals surface area contributed by atoms with Gasteiger partial charge in [-0.25, -0.2) is 9.78 Å². The number of carboxylic acid groups (broad SMARTS) is 1. The van der Waals surface area contributed by atoms with Crippen LogP contribution in [-0.4, -0.2) is 26.0 Å². The number of imidazole rings is 1. The number of fused-ring (bicyclic) bond motifs is 1. The van der Waals surface area contributed by atoms with E-state index in [1.807, 2.05) is 40.9 Å². The largest absolute Gasteiger partial charge is 0.478 e. The molecule has 0 atom stereocenters. The van der Waals surface area contributed by atoms with Gasteiger partial charge in [0.05, 0.1) is 0 Å². The molecule has 27 heavy (non-hydrogen) atoms. The van der Waals surface area contributed by atoms with E-state index in [9.17, 15) is 9.90 Å². The summed E-state index contributed by atoms with van der Waals surface area (Å²) in [6.45, 7) is 11.0. The van der Waals surface area contributed by atoms with Gasteiger partial charge in [-0.3, -0.25) is 4.40 Å². The Kier molecular flexibility index (Phi) is 4.72. The zero-order valence-corrected chi connectivity index (χ0v) is 16.6. The molecule has 5 nitrogen and oxygen atoms in total. The molecule has 0 bridgehead atoms. The summed E-state index contributed by atoms with van der Waals surface area (Å²) in [6, 6.07) is 13.2. The van der Waals surface area contributed by atoms with Gasteiger partial charge in [-0.2, -0.15) is 0 Å². The zero-order chi connectivity index (χ0) is 19.8. The van der Waals surface area contributed by atoms with E-state index in [1.54, 1.807) is 12.1 Å². The van der Waals surface area contributed by atoms with Crippen molar-refractivity contribution in [2.24, 2.45) is 5.41 Å². The second-order valence-corrected chi connectivity index (χ2v) is 8.84. The lowest BCUT2D eigenvalue weighted by molar-refractivity contribution is 0.0698. The van der Waals surface area contributed by atoms with Crippen molar-refractivity contribution >= 4 is 17.4 Å². The van der Waals surface area contributed by atoms with Crippen LogP contribution in [0.3, 0.4) is 0 Å². The van der Waals surface area contributed by atoms with E-state index in [1.165, 1.54) is 0 Å². The number of carboxylic acids is 1. The van der Waals surface area contributed by atoms with Gasteiger partial charge in [0.2, 0.25) is 0 Å². The molecule has 3 aromatic rings. The van der Waals surface area contributed by atoms with Gasteiger partial charge in [-0.15, -0.1) is 0 Å². The van der Waals surface area contributed by atoms with Crippen LogP contribution in [0, 0.1) is 5.41 Å². The van der Waals surface area contributed by atoms with Crippen LogP contribution in [0.15, 0.2) is 48.7 Å². The first-order chi connectivity index (χ1) is 12.6. The predicted molar refractivity (Wildman–Crippen MR) is 109 cm³/mol. The van der Waals surface area contributed by atoms with Crippen molar-refractivity contribution in [2.45, 2.75) is 46.6 Å². The van der Waals surface area contributed by atoms with Crippen LogP contribution in [0.2, 0.25) is 0 Å². The summed E-state index contributed by atoms with van der Waals surface area (Å²) in [5, 5.41) is 13.2. The highest BCUT2D eigenvalue weighted by molar-refractivity contribution is 5.96. The normalized spacial score (nSPS) is 12.3. The Labute approximate surface area is 160 Å². The summed E-state index contributed by atoms with van der Waals surface area (Å²) in [4.78, 5) is 16.4. The van der Waals surface area contributed by atoms with Crippen molar-refractivity contribution in [2.75, 3.05) is 5.32 Å². The molecule has 0 spiro atoms. The standard InChI is InChI=1S/C22H27N3O2/c1-21(2,3)14-22(4,5)24-19-17(15-10-7-6-8-11-15)23-18-16(20(26)27)12-9-13-25(18)19/h6-13,24H,14H2,1-5H3,(H,26,27). The maximum absolute atomic E-state index is 11.7. The molecule has 0 fully saturated rings. The first kappa shape index (κ1) is 19.0. The van der Waals surface area contributed by atoms with E-state index in [2.05, 4.69) is 39.9 Å². The van der Waals surface area contributed by atoms with E-state index in [-0.39, 0.29) is 16.5 Å². The minimum Gasteiger partial charge on any atom is -0.478 e. The Morgan fingerprint density at radius 3 is 2.33 bits per heavy atom. The van der Waals surface area contributed by atoms with Crippen LogP contribution < -0.4 is 5.32 Å². The first-order valence-corrected chi connectivity index (χ1v) is 9.15. The van der Waals surface area contributed by atoms with E-state index in [4.69, 9.17) is 4.98 Å². The minimum atomic E-state index is -0.981. The number of carbonyl (C=O) groups is 1. The van der Waals surface area contributed by atoms with Crippen LogP contribution in [0.25, 0.3) is 16.9 Å². The molecule has 1 aromatic carbocycles. The number of anilines is 1. The van der Waals surface area contributed by atoms with E-state index in [0.717, 1.165) is 23.5 Å². The first-order valence-electron chi connectivity index (χ1n) is 9.15. The van der Waals surface area contributed by atoms with Crippen LogP contribution in [0.4, 0.5) is 5.82 Å². The third-order valence-corrected chi connectivity index (χ3v) is 4.36. The van der Waals surface area contributed by atoms with Crippen LogP contribution in [0.5, 0.6) is 0 Å². The topological polar surface area (TPSA) is 66.6 Å². The van der Waals surface area contributed by atoms with Gasteiger partial charge in [0.15, 0.2) is 5.65 Å². The number of nitrogens with one attached hydrogen (secondary N) is 1. The number of pyridine rings is 1. The Morgan fingerprint density at radius 2 is 1.74 bits per heavy atom. The fourth-order valence-electron chi connectivity index (χ4n) is 3.84. The fourth-order valence-corrected chi connectivity index (χ4v) is 3.84. The lowest BCUT2D eigenvalue weighted by atomic mass is 9.82. The maximum Gasteiger partial charge on any atom is 0.339 e. The number of hydrogen-bond acceptors (Lipinski definition) is 3. The van der Waals surface area contributed by atoms with E-state index in [0.29, 0.717) is 5.65 Å². The summed E-state index contributed by atoms with van der Waals surface area (Å²) in [6.07, 6.45) is 2.80. The molecule has 2 N–H and O–H groups in total. The number of rotatable bonds is 5. The number of nitrogens with zero attached hydrogens (tertiary/aromatic N) is 2. The molecule has 0 aliphatic rings. The second kappa shape index (κ2) is 6.72. The van der Waals surface area contributed by atoms with E-state index < -0.39 is 5.97 Å². The maximum atomic E-state index is 11.7. The molecule has 0 amide bonds. The third-order valence-electron chi connectivity index (χ3n) is 4.36. The second-order valence-electron chi connectivity index (χ2n) is 8.84. The van der Waals surface area contributed by atoms with Gasteiger partial charge in [-0.1, -0.05) is 51.1 Å². The summed E-state index contributed by atoms with van der Waals surface area (Å²) < 4.78 is 1.84. The van der Waals surface area contributed by atoms with Crippen molar-refractivity contribution < 1.29 is 9.90 Å². The quantitative estimate of drug-likeness (QED) is 0.641. The third kappa shape index (κ3) is 4.13. The van der Waals surface area contributed by atoms with Gasteiger partial charge in [-0.05, 0) is 37.8 Å². The molecule has 0 saturated heterocycles. The van der Waals surface area contributed by atoms with Crippen molar-refractivity contribution in [1.82, 2.24) is 9.38 Å². The average Bonchev–Trinajstić information content (AvgIpc) is 2.91. The molecule has 0 radical (unpaired) electrons. The lowest BCUT2D eigenvalue weighted by Crippen LogP contribution is -2.36. The Morgan fingerprint density at radius 1 is 1.07 bits per heavy atom. The van der Waals surface area contributed by atoms with Gasteiger partial charge < -0.3 is 10.4 Å². The zero-order valence-electron chi connectivity index (χ0n) is 16.6. The molecule has 0 saturated carbocycles. The average molecular weight is 365 g/mol. The molecular formula is C22H27N3O2. The van der Waals surface area contributed by atoms with E-state index >= 15 is 0 Å². The van der Waals surface area contributed by atoms with Gasteiger partial charge in [0.1, 0.15) is 17.1 Å². The monoisotopic (exact) mass is 365 g/mol. The molecule has 2 aromatic heterocycles. The summed E-state index contributed by atoms with van der Waals surface area (Å²) in [5.41, 5.74) is 2.29. The van der Waals surface area contributed by atoms with Crippen molar-refractivity contribution in [3.05, 3.63) is 54.2 Å². The van der Waals surface area contributed by atoms with Crippen LogP contribution in [0.1, 0.15) is 51.4 Å². The molecule has 0 aliphatic carbocycles. The molecule has 2 heterocycles. The molecule has 3 rings (SSSR count). The number of benzene rings is 1. The summed E-state index contributed by atoms with van der Waals surface area (Å²) in [7, 11) is 0. The molecule has 142 valence electrons. The number of hydrogen-bond donors (Lipinski definition) is 2. The molecule has 5 heteroatoms. The Bertz CT molecular complexity index is 966. The van der Waals surface area contributed by atoms with Gasteiger partial charge in [0, 0.05) is 17.3 Å². The Hall–Kier alpha value is -2.82. The minimum absolute atomic E-state index is 0.149. The number of aromatic carboxylic acids is 1. The van der Waals surface area contributed by atoms with Gasteiger partial charge >= 0.3 is 5.97 Å². The highest BCUT2D eigenvalue weighted by Crippen LogP contribution is 2.35. The molecule has 0 unspecified atom stereocenters. The van der Waals surface area contributed by atoms with Crippen molar-refractivity contribution in [3.8, 4) is 11.3 Å². The lowest BCUT2D eigenvalue weighted by Gasteiger charge is -2.34. The Balaban J connectivity index is 2.20. The van der Waals surface area contributed by atoms with Crippen molar-refractivity contribution in [3.63, 3.8) is 0 Å². The van der Waals surface area contributed by atoms with Gasteiger partial charge in [0.25, 0.3) is 0 Å². The molecule has 0 aliphatic heterocycles. The highest BCUT2D eigenvalue weighted by atomic mass is 16.4. The predicted octanol–water partition coefficient (Wildman–Crippen LogP) is 5.33. The number of aromatic nitrogens is 2. The highest BCUT2D eigenvalue weighted by Gasteiger charge is 2.28.